The fourth-order valence-corrected chi connectivity index (χ4v) is 2.68. The van der Waals surface area contributed by atoms with E-state index >= 15 is 0 Å². The van der Waals surface area contributed by atoms with Crippen LogP contribution in [0.15, 0.2) is 24.4 Å². The molecule has 2 aromatic heterocycles. The van der Waals surface area contributed by atoms with E-state index in [-0.39, 0.29) is 28.1 Å². The number of hydrogen-bond donors (Lipinski definition) is 2. The molecule has 0 saturated heterocycles. The number of aryl methyl sites for hydroxylation is 2. The van der Waals surface area contributed by atoms with E-state index in [0.717, 1.165) is 0 Å². The summed E-state index contributed by atoms with van der Waals surface area (Å²) >= 11 is 0. The molecule has 0 bridgehead atoms. The van der Waals surface area contributed by atoms with Crippen LogP contribution in [0.5, 0.6) is 5.75 Å². The molecule has 0 aliphatic heterocycles. The second-order valence-electron chi connectivity index (χ2n) is 5.10. The molecule has 0 amide bonds. The number of carbonyl (C=O) groups excluding carboxylic acids is 2. The van der Waals surface area contributed by atoms with Crippen LogP contribution < -0.4 is 4.74 Å². The van der Waals surface area contributed by atoms with E-state index in [2.05, 4.69) is 9.97 Å². The molecule has 2 heterocycles. The first-order valence-corrected chi connectivity index (χ1v) is 6.76. The van der Waals surface area contributed by atoms with Crippen LogP contribution >= 0.6 is 0 Å². The van der Waals surface area contributed by atoms with Crippen molar-refractivity contribution in [2.75, 3.05) is 0 Å². The summed E-state index contributed by atoms with van der Waals surface area (Å²) < 4.78 is 4.79. The highest BCUT2D eigenvalue weighted by Crippen LogP contribution is 2.37. The second kappa shape index (κ2) is 5.20. The molecule has 0 fully saturated rings. The van der Waals surface area contributed by atoms with Crippen LogP contribution in [0, 0.1) is 13.8 Å². The Morgan fingerprint density at radius 3 is 2.70 bits per heavy atom. The molecular weight excluding hydrogens is 300 g/mol. The lowest BCUT2D eigenvalue weighted by Crippen LogP contribution is -2.18. The Bertz CT molecular complexity index is 892. The number of rotatable bonds is 2. The van der Waals surface area contributed by atoms with E-state index in [1.165, 1.54) is 18.3 Å². The molecule has 1 aliphatic rings. The Balaban J connectivity index is 2.19. The van der Waals surface area contributed by atoms with Gasteiger partial charge in [-0.2, -0.15) is 0 Å². The van der Waals surface area contributed by atoms with Crippen LogP contribution in [0.4, 0.5) is 4.79 Å². The third-order valence-corrected chi connectivity index (χ3v) is 3.58. The van der Waals surface area contributed by atoms with E-state index in [9.17, 15) is 14.4 Å². The first kappa shape index (κ1) is 14.7. The monoisotopic (exact) mass is 312 g/mol. The first-order chi connectivity index (χ1) is 10.9. The minimum atomic E-state index is -1.49. The molecule has 3 rings (SSSR count). The van der Waals surface area contributed by atoms with E-state index in [0.29, 0.717) is 11.4 Å². The molecule has 0 unspecified atom stereocenters. The summed E-state index contributed by atoms with van der Waals surface area (Å²) in [6.07, 6.45) is 1.11. The number of aromatic nitrogens is 2. The number of ketones is 2. The molecule has 0 saturated carbocycles. The minimum Gasteiger partial charge on any atom is -0.449 e. The van der Waals surface area contributed by atoms with Crippen LogP contribution in [0.2, 0.25) is 0 Å². The van der Waals surface area contributed by atoms with Gasteiger partial charge in [-0.1, -0.05) is 0 Å². The highest BCUT2D eigenvalue weighted by molar-refractivity contribution is 6.38. The fourth-order valence-electron chi connectivity index (χ4n) is 2.68. The molecular formula is C16H12N2O5. The summed E-state index contributed by atoms with van der Waals surface area (Å²) in [5.41, 5.74) is 1.64. The van der Waals surface area contributed by atoms with Crippen LogP contribution in [0.3, 0.4) is 0 Å². The van der Waals surface area contributed by atoms with E-state index in [1.54, 1.807) is 19.9 Å². The number of hydrogen-bond acceptors (Lipinski definition) is 5. The normalized spacial score (nSPS) is 13.6. The third-order valence-electron chi connectivity index (χ3n) is 3.58. The van der Waals surface area contributed by atoms with Crippen LogP contribution in [0.25, 0.3) is 5.57 Å². The van der Waals surface area contributed by atoms with Gasteiger partial charge in [-0.15, -0.1) is 0 Å². The summed E-state index contributed by atoms with van der Waals surface area (Å²) in [6.45, 7) is 3.30. The number of allylic oxidation sites excluding steroid dienone is 2. The van der Waals surface area contributed by atoms with Crippen molar-refractivity contribution in [3.63, 3.8) is 0 Å². The predicted octanol–water partition coefficient (Wildman–Crippen LogP) is 2.55. The maximum atomic E-state index is 12.7. The third kappa shape index (κ3) is 2.32. The van der Waals surface area contributed by atoms with Gasteiger partial charge in [0.05, 0.1) is 11.3 Å². The smallest absolute Gasteiger partial charge is 0.449 e. The molecule has 2 aromatic rings. The average molecular weight is 312 g/mol. The highest BCUT2D eigenvalue weighted by Gasteiger charge is 2.31. The fraction of sp³-hybridized carbons (Fsp3) is 0.125. The van der Waals surface area contributed by atoms with Gasteiger partial charge in [-0.05, 0) is 32.1 Å². The van der Waals surface area contributed by atoms with Crippen molar-refractivity contribution in [3.05, 3.63) is 52.6 Å². The SMILES string of the molecule is Cc1[nH]c(C)c(C2=CC(=O)c3ncccc3C2=O)c1OC(=O)O. The van der Waals surface area contributed by atoms with Gasteiger partial charge in [0.1, 0.15) is 5.69 Å². The zero-order valence-electron chi connectivity index (χ0n) is 12.3. The average Bonchev–Trinajstić information content (AvgIpc) is 2.77. The summed E-state index contributed by atoms with van der Waals surface area (Å²) in [6, 6.07) is 3.08. The van der Waals surface area contributed by atoms with Gasteiger partial charge in [0.25, 0.3) is 0 Å². The summed E-state index contributed by atoms with van der Waals surface area (Å²) in [5.74, 6) is -0.783. The van der Waals surface area contributed by atoms with Crippen LogP contribution in [0.1, 0.15) is 37.8 Å². The first-order valence-electron chi connectivity index (χ1n) is 6.76. The Kier molecular flexibility index (Phi) is 3.33. The largest absolute Gasteiger partial charge is 0.511 e. The van der Waals surface area contributed by atoms with Crippen molar-refractivity contribution in [2.24, 2.45) is 0 Å². The quantitative estimate of drug-likeness (QED) is 0.825. The predicted molar refractivity (Wildman–Crippen MR) is 79.8 cm³/mol. The lowest BCUT2D eigenvalue weighted by Gasteiger charge is -2.15. The van der Waals surface area contributed by atoms with Crippen molar-refractivity contribution in [3.8, 4) is 5.75 Å². The molecule has 0 radical (unpaired) electrons. The topological polar surface area (TPSA) is 109 Å². The maximum absolute atomic E-state index is 12.7. The molecule has 7 nitrogen and oxygen atoms in total. The maximum Gasteiger partial charge on any atom is 0.511 e. The number of ether oxygens (including phenoxy) is 1. The Morgan fingerprint density at radius 2 is 2.00 bits per heavy atom. The molecule has 2 N–H and O–H groups in total. The number of Topliss-reactive ketones (excluding diaryl/α,β-unsaturated/α-hetero) is 1. The molecule has 1 aliphatic carbocycles. The number of carbonyl (C=O) groups is 3. The molecule has 23 heavy (non-hydrogen) atoms. The number of carboxylic acid groups (broad SMARTS) is 1. The van der Waals surface area contributed by atoms with E-state index < -0.39 is 17.7 Å². The van der Waals surface area contributed by atoms with Gasteiger partial charge in [0, 0.05) is 23.0 Å². The van der Waals surface area contributed by atoms with Gasteiger partial charge in [-0.25, -0.2) is 4.79 Å². The van der Waals surface area contributed by atoms with Crippen LogP contribution in [-0.2, 0) is 0 Å². The Labute approximate surface area is 130 Å². The Morgan fingerprint density at radius 1 is 1.26 bits per heavy atom. The van der Waals surface area contributed by atoms with Gasteiger partial charge in [0.15, 0.2) is 11.5 Å². The number of nitrogens with one attached hydrogen (secondary N) is 1. The Hall–Kier alpha value is -3.22. The summed E-state index contributed by atoms with van der Waals surface area (Å²) in [4.78, 5) is 42.6. The summed E-state index contributed by atoms with van der Waals surface area (Å²) in [7, 11) is 0. The van der Waals surface area contributed by atoms with E-state index in [4.69, 9.17) is 9.84 Å². The van der Waals surface area contributed by atoms with Crippen molar-refractivity contribution < 1.29 is 24.2 Å². The number of aromatic amines is 1. The van der Waals surface area contributed by atoms with Crippen molar-refractivity contribution >= 4 is 23.3 Å². The van der Waals surface area contributed by atoms with E-state index in [1.807, 2.05) is 0 Å². The summed E-state index contributed by atoms with van der Waals surface area (Å²) in [5, 5.41) is 8.88. The highest BCUT2D eigenvalue weighted by atomic mass is 16.7. The van der Waals surface area contributed by atoms with Gasteiger partial charge >= 0.3 is 6.16 Å². The zero-order chi connectivity index (χ0) is 16.7. The van der Waals surface area contributed by atoms with Gasteiger partial charge < -0.3 is 14.8 Å². The lowest BCUT2D eigenvalue weighted by atomic mass is 9.88. The van der Waals surface area contributed by atoms with Crippen LogP contribution in [-0.4, -0.2) is 32.8 Å². The van der Waals surface area contributed by atoms with Gasteiger partial charge in [0.2, 0.25) is 5.78 Å². The van der Waals surface area contributed by atoms with Crippen molar-refractivity contribution in [2.45, 2.75) is 13.8 Å². The second-order valence-corrected chi connectivity index (χ2v) is 5.10. The lowest BCUT2D eigenvalue weighted by molar-refractivity contribution is 0.0997. The molecule has 0 aromatic carbocycles. The number of pyridine rings is 1. The standard InChI is InChI=1S/C16H12N2O5/c1-7-12(15(8(2)18-7)23-16(21)22)10-6-11(19)13-9(14(10)20)4-3-5-17-13/h3-6,18H,1-2H3,(H,21,22). The number of fused-ring (bicyclic) bond motifs is 1. The van der Waals surface area contributed by atoms with Crippen molar-refractivity contribution in [1.29, 1.82) is 0 Å². The minimum absolute atomic E-state index is 0.0229. The number of H-pyrrole nitrogens is 1. The zero-order valence-corrected chi connectivity index (χ0v) is 12.3. The molecule has 0 atom stereocenters. The number of nitrogens with zero attached hydrogens (tertiary/aromatic N) is 1. The molecule has 0 spiro atoms. The molecule has 7 heteroatoms. The van der Waals surface area contributed by atoms with Gasteiger partial charge in [-0.3, -0.25) is 14.6 Å². The van der Waals surface area contributed by atoms with Crippen molar-refractivity contribution in [1.82, 2.24) is 9.97 Å². The molecule has 116 valence electrons.